The van der Waals surface area contributed by atoms with E-state index in [1.54, 1.807) is 59.5 Å². The average Bonchev–Trinajstić information content (AvgIpc) is 3.34. The van der Waals surface area contributed by atoms with Crippen molar-refractivity contribution < 1.29 is 17.6 Å². The number of carbonyl (C=O) groups excluding carboxylic acids is 1. The first-order valence-electron chi connectivity index (χ1n) is 12.0. The highest BCUT2D eigenvalue weighted by Gasteiger charge is 2.52. The number of fused-ring (bicyclic) bond motifs is 2. The third kappa shape index (κ3) is 3.90. The Kier molecular flexibility index (Phi) is 5.60. The van der Waals surface area contributed by atoms with Crippen LogP contribution in [0.5, 0.6) is 0 Å². The molecule has 0 amide bonds. The fourth-order valence-corrected chi connectivity index (χ4v) is 7.30. The fourth-order valence-electron chi connectivity index (χ4n) is 5.55. The Morgan fingerprint density at radius 1 is 1.00 bits per heavy atom. The summed E-state index contributed by atoms with van der Waals surface area (Å²) in [4.78, 5) is 22.5. The van der Waals surface area contributed by atoms with Crippen LogP contribution < -0.4 is 0 Å². The van der Waals surface area contributed by atoms with Gasteiger partial charge < -0.3 is 0 Å². The molecule has 2 atom stereocenters. The Morgan fingerprint density at radius 3 is 2.46 bits per heavy atom. The van der Waals surface area contributed by atoms with Crippen LogP contribution in [0.4, 0.5) is 4.39 Å². The third-order valence-electron chi connectivity index (χ3n) is 7.39. The minimum absolute atomic E-state index is 0.0218. The summed E-state index contributed by atoms with van der Waals surface area (Å²) >= 11 is 0. The van der Waals surface area contributed by atoms with Gasteiger partial charge in [-0.3, -0.25) is 9.78 Å². The van der Waals surface area contributed by atoms with E-state index in [-0.39, 0.29) is 23.0 Å². The Morgan fingerprint density at radius 2 is 1.76 bits per heavy atom. The lowest BCUT2D eigenvalue weighted by molar-refractivity contribution is 0.0796. The molecule has 2 aliphatic rings. The van der Waals surface area contributed by atoms with Crippen LogP contribution in [-0.2, 0) is 16.3 Å². The quantitative estimate of drug-likeness (QED) is 0.360. The van der Waals surface area contributed by atoms with Gasteiger partial charge in [0.1, 0.15) is 11.5 Å². The second-order valence-electron chi connectivity index (χ2n) is 9.49. The molecule has 0 bridgehead atoms. The van der Waals surface area contributed by atoms with Crippen LogP contribution in [0.3, 0.4) is 0 Å². The second-order valence-corrected chi connectivity index (χ2v) is 11.7. The molecule has 1 fully saturated rings. The molecule has 7 nitrogen and oxygen atoms in total. The first-order chi connectivity index (χ1) is 17.9. The van der Waals surface area contributed by atoms with Crippen molar-refractivity contribution in [2.75, 3.05) is 0 Å². The molecule has 0 spiro atoms. The molecule has 1 aromatic carbocycles. The van der Waals surface area contributed by atoms with Gasteiger partial charge in [0.25, 0.3) is 0 Å². The molecule has 2 aliphatic carbocycles. The SMILES string of the molecule is O=C(c1ccccn1)[C@]12Cc3cnn(-c4ccc(F)cc4)c3C=C1CC[C@H](S(=O)(=O)c1ccccn1)C2. The lowest BCUT2D eigenvalue weighted by atomic mass is 9.61. The predicted octanol–water partition coefficient (Wildman–Crippen LogP) is 4.64. The van der Waals surface area contributed by atoms with E-state index in [4.69, 9.17) is 0 Å². The van der Waals surface area contributed by atoms with Crippen LogP contribution in [0.2, 0.25) is 0 Å². The Labute approximate surface area is 213 Å². The van der Waals surface area contributed by atoms with Gasteiger partial charge in [-0.25, -0.2) is 22.5 Å². The number of allylic oxidation sites excluding steroid dienone is 1. The number of ketones is 1. The minimum Gasteiger partial charge on any atom is -0.291 e. The van der Waals surface area contributed by atoms with Crippen molar-refractivity contribution in [3.63, 3.8) is 0 Å². The van der Waals surface area contributed by atoms with Crippen molar-refractivity contribution in [2.45, 2.75) is 36.0 Å². The normalized spacial score (nSPS) is 21.0. The average molecular weight is 515 g/mol. The number of carbonyl (C=O) groups is 1. The first kappa shape index (κ1) is 23.4. The fraction of sp³-hybridized carbons (Fsp3) is 0.214. The van der Waals surface area contributed by atoms with Crippen molar-refractivity contribution in [1.82, 2.24) is 19.7 Å². The molecule has 186 valence electrons. The van der Waals surface area contributed by atoms with Gasteiger partial charge >= 0.3 is 0 Å². The zero-order chi connectivity index (χ0) is 25.6. The zero-order valence-corrected chi connectivity index (χ0v) is 20.6. The Balaban J connectivity index is 1.46. The molecule has 9 heteroatoms. The monoisotopic (exact) mass is 514 g/mol. The standard InChI is InChI=1S/C28H23FN4O3S/c29-21-8-10-22(11-9-21)33-25-15-20-7-12-23(37(35,36)26-6-2-4-14-31-26)17-28(20,16-19(25)18-32-33)27(34)24-5-1-3-13-30-24/h1-6,8-11,13-15,18,23H,7,12,16-17H2/t23-,28-/m0/s1. The Bertz CT molecular complexity index is 1620. The van der Waals surface area contributed by atoms with Crippen molar-refractivity contribution in [2.24, 2.45) is 5.41 Å². The number of rotatable bonds is 5. The van der Waals surface area contributed by atoms with Gasteiger partial charge in [0, 0.05) is 12.4 Å². The molecule has 6 rings (SSSR count). The van der Waals surface area contributed by atoms with Crippen LogP contribution in [0, 0.1) is 11.2 Å². The second kappa shape index (κ2) is 8.85. The Hall–Kier alpha value is -3.98. The van der Waals surface area contributed by atoms with Crippen molar-refractivity contribution in [3.8, 4) is 5.69 Å². The predicted molar refractivity (Wildman–Crippen MR) is 135 cm³/mol. The van der Waals surface area contributed by atoms with Gasteiger partial charge in [0.05, 0.1) is 28.2 Å². The van der Waals surface area contributed by atoms with E-state index in [9.17, 15) is 17.6 Å². The van der Waals surface area contributed by atoms with Crippen LogP contribution in [-0.4, -0.2) is 39.2 Å². The molecular formula is C28H23FN4O3S. The molecule has 0 saturated heterocycles. The van der Waals surface area contributed by atoms with Crippen molar-refractivity contribution >= 4 is 21.7 Å². The third-order valence-corrected chi connectivity index (χ3v) is 9.49. The maximum Gasteiger partial charge on any atom is 0.198 e. The van der Waals surface area contributed by atoms with Gasteiger partial charge in [0.2, 0.25) is 0 Å². The highest BCUT2D eigenvalue weighted by molar-refractivity contribution is 7.92. The minimum atomic E-state index is -3.75. The zero-order valence-electron chi connectivity index (χ0n) is 19.8. The van der Waals surface area contributed by atoms with Crippen molar-refractivity contribution in [3.05, 3.63) is 108 Å². The van der Waals surface area contributed by atoms with Gasteiger partial charge in [-0.05, 0) is 85.9 Å². The molecule has 0 radical (unpaired) electrons. The molecule has 3 aromatic heterocycles. The van der Waals surface area contributed by atoms with E-state index in [0.717, 1.165) is 16.8 Å². The molecule has 0 unspecified atom stereocenters. The van der Waals surface area contributed by atoms with Crippen molar-refractivity contribution in [1.29, 1.82) is 0 Å². The van der Waals surface area contributed by atoms with Crippen LogP contribution >= 0.6 is 0 Å². The number of nitrogens with zero attached hydrogens (tertiary/aromatic N) is 4. The topological polar surface area (TPSA) is 94.8 Å². The summed E-state index contributed by atoms with van der Waals surface area (Å²) in [5, 5.41) is 3.79. The maximum atomic E-state index is 14.1. The number of hydrogen-bond acceptors (Lipinski definition) is 6. The molecular weight excluding hydrogens is 491 g/mol. The lowest BCUT2D eigenvalue weighted by Gasteiger charge is -2.43. The molecule has 3 heterocycles. The van der Waals surface area contributed by atoms with Gasteiger partial charge in [-0.1, -0.05) is 17.7 Å². The van der Waals surface area contributed by atoms with E-state index in [1.165, 1.54) is 24.4 Å². The highest BCUT2D eigenvalue weighted by atomic mass is 32.2. The van der Waals surface area contributed by atoms with Crippen LogP contribution in [0.25, 0.3) is 11.8 Å². The van der Waals surface area contributed by atoms with E-state index in [0.29, 0.717) is 30.6 Å². The number of hydrogen-bond donors (Lipinski definition) is 0. The summed E-state index contributed by atoms with van der Waals surface area (Å²) in [6.45, 7) is 0. The summed E-state index contributed by atoms with van der Waals surface area (Å²) in [5.41, 5.74) is 2.45. The highest BCUT2D eigenvalue weighted by Crippen LogP contribution is 2.51. The number of Topliss-reactive ketones (excluding diaryl/α,β-unsaturated/α-hetero) is 1. The number of aromatic nitrogens is 4. The largest absolute Gasteiger partial charge is 0.291 e. The number of pyridine rings is 2. The van der Waals surface area contributed by atoms with E-state index >= 15 is 0 Å². The van der Waals surface area contributed by atoms with E-state index < -0.39 is 20.5 Å². The summed E-state index contributed by atoms with van der Waals surface area (Å²) in [7, 11) is -3.75. The first-order valence-corrected chi connectivity index (χ1v) is 13.6. The van der Waals surface area contributed by atoms with Gasteiger partial charge in [0.15, 0.2) is 20.6 Å². The van der Waals surface area contributed by atoms with Crippen LogP contribution in [0.15, 0.2) is 89.9 Å². The summed E-state index contributed by atoms with van der Waals surface area (Å²) < 4.78 is 42.4. The molecule has 0 aliphatic heterocycles. The van der Waals surface area contributed by atoms with Crippen LogP contribution in [0.1, 0.15) is 41.0 Å². The molecule has 0 N–H and O–H groups in total. The number of sulfone groups is 1. The lowest BCUT2D eigenvalue weighted by Crippen LogP contribution is -2.46. The van der Waals surface area contributed by atoms with E-state index in [2.05, 4.69) is 15.1 Å². The van der Waals surface area contributed by atoms with E-state index in [1.807, 2.05) is 6.08 Å². The smallest absolute Gasteiger partial charge is 0.198 e. The summed E-state index contributed by atoms with van der Waals surface area (Å²) in [6.07, 6.45) is 7.94. The maximum absolute atomic E-state index is 14.1. The molecule has 1 saturated carbocycles. The summed E-state index contributed by atoms with van der Waals surface area (Å²) in [5.74, 6) is -0.531. The number of benzene rings is 1. The molecule has 4 aromatic rings. The van der Waals surface area contributed by atoms with Gasteiger partial charge in [-0.2, -0.15) is 5.10 Å². The van der Waals surface area contributed by atoms with Gasteiger partial charge in [-0.15, -0.1) is 0 Å². The molecule has 37 heavy (non-hydrogen) atoms. The number of halogens is 1. The summed E-state index contributed by atoms with van der Waals surface area (Å²) in [6, 6.07) is 16.1.